The van der Waals surface area contributed by atoms with Gasteiger partial charge in [0.1, 0.15) is 5.76 Å². The highest BCUT2D eigenvalue weighted by Gasteiger charge is 2.19. The molecule has 1 fully saturated rings. The Labute approximate surface area is 90.7 Å². The molecule has 0 bridgehead atoms. The van der Waals surface area contributed by atoms with Crippen molar-refractivity contribution in [2.24, 2.45) is 0 Å². The molecule has 0 amide bonds. The van der Waals surface area contributed by atoms with Crippen LogP contribution >= 0.6 is 0 Å². The predicted octanol–water partition coefficient (Wildman–Crippen LogP) is 1.20. The highest BCUT2D eigenvalue weighted by Crippen LogP contribution is 2.25. The zero-order valence-electron chi connectivity index (χ0n) is 9.49. The van der Waals surface area contributed by atoms with Crippen molar-refractivity contribution < 1.29 is 4.42 Å². The number of piperidine rings is 1. The molecule has 0 atom stereocenters. The largest absolute Gasteiger partial charge is 0.444 e. The van der Waals surface area contributed by atoms with Crippen LogP contribution in [0.3, 0.4) is 0 Å². The molecule has 0 saturated carbocycles. The number of rotatable bonds is 3. The van der Waals surface area contributed by atoms with Gasteiger partial charge in [0.05, 0.1) is 12.7 Å². The van der Waals surface area contributed by atoms with Gasteiger partial charge in [-0.05, 0) is 40.0 Å². The molecule has 4 heteroatoms. The zero-order valence-corrected chi connectivity index (χ0v) is 9.49. The summed E-state index contributed by atoms with van der Waals surface area (Å²) in [6, 6.07) is 0. The van der Waals surface area contributed by atoms with E-state index in [2.05, 4.69) is 15.2 Å². The Hall–Kier alpha value is -0.870. The minimum absolute atomic E-state index is 0.565. The maximum absolute atomic E-state index is 5.75. The van der Waals surface area contributed by atoms with Crippen LogP contribution in [0.5, 0.6) is 0 Å². The van der Waals surface area contributed by atoms with Gasteiger partial charge in [0.2, 0.25) is 5.89 Å². The van der Waals surface area contributed by atoms with Crippen LogP contribution in [0.1, 0.15) is 30.4 Å². The first-order valence-corrected chi connectivity index (χ1v) is 5.56. The number of oxazole rings is 1. The zero-order chi connectivity index (χ0) is 10.7. The van der Waals surface area contributed by atoms with Gasteiger partial charge in [0.15, 0.2) is 0 Å². The number of aromatic nitrogens is 1. The third kappa shape index (κ3) is 2.79. The first kappa shape index (κ1) is 10.6. The number of hydrogen-bond acceptors (Lipinski definition) is 4. The Morgan fingerprint density at radius 2 is 2.20 bits per heavy atom. The molecule has 1 aliphatic rings. The van der Waals surface area contributed by atoms with Crippen molar-refractivity contribution in [3.8, 4) is 0 Å². The summed E-state index contributed by atoms with van der Waals surface area (Å²) in [6.45, 7) is 2.97. The third-order valence-corrected chi connectivity index (χ3v) is 2.76. The Balaban J connectivity index is 1.99. The average molecular weight is 209 g/mol. The van der Waals surface area contributed by atoms with Crippen LogP contribution in [0.25, 0.3) is 0 Å². The molecular weight excluding hydrogens is 190 g/mol. The molecule has 84 valence electrons. The third-order valence-electron chi connectivity index (χ3n) is 2.76. The Bertz CT molecular complexity index is 303. The Morgan fingerprint density at radius 3 is 2.87 bits per heavy atom. The quantitative estimate of drug-likeness (QED) is 0.812. The molecule has 15 heavy (non-hydrogen) atoms. The summed E-state index contributed by atoms with van der Waals surface area (Å²) in [5.41, 5.74) is 0. The predicted molar refractivity (Wildman–Crippen MR) is 58.7 cm³/mol. The molecule has 0 aromatic carbocycles. The molecule has 0 radical (unpaired) electrons. The van der Waals surface area contributed by atoms with E-state index >= 15 is 0 Å². The summed E-state index contributed by atoms with van der Waals surface area (Å²) < 4.78 is 5.75. The molecule has 0 spiro atoms. The SMILES string of the molecule is CN(C)Cc1ncc(C2CCNCC2)o1. The van der Waals surface area contributed by atoms with E-state index in [-0.39, 0.29) is 0 Å². The van der Waals surface area contributed by atoms with E-state index in [0.717, 1.165) is 44.1 Å². The maximum Gasteiger partial charge on any atom is 0.208 e. The molecule has 2 heterocycles. The lowest BCUT2D eigenvalue weighted by Crippen LogP contribution is -2.26. The van der Waals surface area contributed by atoms with E-state index in [1.54, 1.807) is 0 Å². The summed E-state index contributed by atoms with van der Waals surface area (Å²) in [6.07, 6.45) is 4.22. The second-order valence-corrected chi connectivity index (χ2v) is 4.42. The standard InChI is InChI=1S/C11H19N3O/c1-14(2)8-11-13-7-10(15-11)9-3-5-12-6-4-9/h7,9,12H,3-6,8H2,1-2H3. The first-order chi connectivity index (χ1) is 7.25. The van der Waals surface area contributed by atoms with Crippen molar-refractivity contribution in [1.82, 2.24) is 15.2 Å². The van der Waals surface area contributed by atoms with Crippen LogP contribution < -0.4 is 5.32 Å². The van der Waals surface area contributed by atoms with Crippen LogP contribution in [0.4, 0.5) is 0 Å². The van der Waals surface area contributed by atoms with E-state index in [4.69, 9.17) is 4.42 Å². The smallest absolute Gasteiger partial charge is 0.208 e. The van der Waals surface area contributed by atoms with Gasteiger partial charge in [-0.25, -0.2) is 4.98 Å². The summed E-state index contributed by atoms with van der Waals surface area (Å²) in [5, 5.41) is 3.35. The van der Waals surface area contributed by atoms with Gasteiger partial charge < -0.3 is 14.6 Å². The van der Waals surface area contributed by atoms with Crippen LogP contribution in [-0.4, -0.2) is 37.1 Å². The molecule has 1 N–H and O–H groups in total. The molecule has 1 aromatic rings. The highest BCUT2D eigenvalue weighted by atomic mass is 16.4. The van der Waals surface area contributed by atoms with E-state index < -0.39 is 0 Å². The topological polar surface area (TPSA) is 41.3 Å². The van der Waals surface area contributed by atoms with Gasteiger partial charge in [-0.1, -0.05) is 0 Å². The Kier molecular flexibility index (Phi) is 3.38. The molecule has 0 aliphatic carbocycles. The average Bonchev–Trinajstić information content (AvgIpc) is 2.67. The van der Waals surface area contributed by atoms with Crippen molar-refractivity contribution >= 4 is 0 Å². The number of nitrogens with one attached hydrogen (secondary N) is 1. The van der Waals surface area contributed by atoms with Crippen molar-refractivity contribution in [3.63, 3.8) is 0 Å². The molecule has 1 aromatic heterocycles. The second-order valence-electron chi connectivity index (χ2n) is 4.42. The number of hydrogen-bond donors (Lipinski definition) is 1. The molecule has 1 aliphatic heterocycles. The number of nitrogens with zero attached hydrogens (tertiary/aromatic N) is 2. The van der Waals surface area contributed by atoms with E-state index in [9.17, 15) is 0 Å². The first-order valence-electron chi connectivity index (χ1n) is 5.56. The lowest BCUT2D eigenvalue weighted by atomic mass is 9.96. The molecule has 2 rings (SSSR count). The normalized spacial score (nSPS) is 18.6. The second kappa shape index (κ2) is 4.77. The lowest BCUT2D eigenvalue weighted by molar-refractivity contribution is 0.315. The van der Waals surface area contributed by atoms with Crippen molar-refractivity contribution in [3.05, 3.63) is 17.8 Å². The monoisotopic (exact) mass is 209 g/mol. The Morgan fingerprint density at radius 1 is 1.47 bits per heavy atom. The van der Waals surface area contributed by atoms with Gasteiger partial charge in [-0.3, -0.25) is 0 Å². The molecule has 4 nitrogen and oxygen atoms in total. The minimum Gasteiger partial charge on any atom is -0.444 e. The minimum atomic E-state index is 0.565. The van der Waals surface area contributed by atoms with Gasteiger partial charge >= 0.3 is 0 Å². The van der Waals surface area contributed by atoms with E-state index in [1.807, 2.05) is 20.3 Å². The van der Waals surface area contributed by atoms with Crippen molar-refractivity contribution in [2.75, 3.05) is 27.2 Å². The molecule has 0 unspecified atom stereocenters. The fraction of sp³-hybridized carbons (Fsp3) is 0.727. The summed E-state index contributed by atoms with van der Waals surface area (Å²) in [7, 11) is 4.04. The van der Waals surface area contributed by atoms with Crippen molar-refractivity contribution in [1.29, 1.82) is 0 Å². The fourth-order valence-electron chi connectivity index (χ4n) is 1.96. The van der Waals surface area contributed by atoms with E-state index in [0.29, 0.717) is 5.92 Å². The molecular formula is C11H19N3O. The van der Waals surface area contributed by atoms with Crippen LogP contribution in [0.15, 0.2) is 10.6 Å². The summed E-state index contributed by atoms with van der Waals surface area (Å²) in [5.74, 6) is 2.46. The van der Waals surface area contributed by atoms with E-state index in [1.165, 1.54) is 0 Å². The maximum atomic E-state index is 5.75. The van der Waals surface area contributed by atoms with Crippen LogP contribution in [0, 0.1) is 0 Å². The van der Waals surface area contributed by atoms with Gasteiger partial charge in [0, 0.05) is 5.92 Å². The van der Waals surface area contributed by atoms with Gasteiger partial charge in [-0.2, -0.15) is 0 Å². The van der Waals surface area contributed by atoms with Gasteiger partial charge in [-0.15, -0.1) is 0 Å². The van der Waals surface area contributed by atoms with Crippen LogP contribution in [-0.2, 0) is 6.54 Å². The van der Waals surface area contributed by atoms with Crippen molar-refractivity contribution in [2.45, 2.75) is 25.3 Å². The summed E-state index contributed by atoms with van der Waals surface area (Å²) in [4.78, 5) is 6.37. The molecule has 1 saturated heterocycles. The summed E-state index contributed by atoms with van der Waals surface area (Å²) >= 11 is 0. The van der Waals surface area contributed by atoms with Crippen LogP contribution in [0.2, 0.25) is 0 Å². The highest BCUT2D eigenvalue weighted by molar-refractivity contribution is 5.03. The van der Waals surface area contributed by atoms with Gasteiger partial charge in [0.25, 0.3) is 0 Å². The fourth-order valence-corrected chi connectivity index (χ4v) is 1.96. The lowest BCUT2D eigenvalue weighted by Gasteiger charge is -2.20.